The summed E-state index contributed by atoms with van der Waals surface area (Å²) in [5, 5.41) is 43.4. The van der Waals surface area contributed by atoms with Gasteiger partial charge in [0.05, 0.1) is 12.7 Å². The smallest absolute Gasteiger partial charge is 0.372 e. The Balaban J connectivity index is 4.13. The highest BCUT2D eigenvalue weighted by Crippen LogP contribution is 2.04. The molecule has 0 aliphatic carbocycles. The van der Waals surface area contributed by atoms with Gasteiger partial charge in [-0.05, 0) is 0 Å². The van der Waals surface area contributed by atoms with Crippen molar-refractivity contribution in [2.45, 2.75) is 24.7 Å². The number of aliphatic hydroxyl groups is 4. The first-order chi connectivity index (χ1) is 6.40. The number of hydrogen-bond donors (Lipinski definition) is 5. The lowest BCUT2D eigenvalue weighted by molar-refractivity contribution is -0.151. The molecule has 0 radical (unpaired) electrons. The summed E-state index contributed by atoms with van der Waals surface area (Å²) in [5.41, 5.74) is 0. The Morgan fingerprint density at radius 3 is 1.93 bits per heavy atom. The third-order valence-corrected chi connectivity index (χ3v) is 1.61. The third kappa shape index (κ3) is 3.79. The molecule has 0 amide bonds. The van der Waals surface area contributed by atoms with E-state index in [1.54, 1.807) is 0 Å². The molecule has 5 N–H and O–H groups in total. The van der Waals surface area contributed by atoms with E-state index in [-0.39, 0.29) is 0 Å². The molecule has 3 atom stereocenters. The molecule has 0 unspecified atom stereocenters. The van der Waals surface area contributed by atoms with Crippen LogP contribution in [-0.2, 0) is 9.59 Å². The van der Waals surface area contributed by atoms with Crippen LogP contribution in [0.4, 0.5) is 0 Å². The van der Waals surface area contributed by atoms with E-state index in [1.807, 2.05) is 0 Å². The number of Topliss-reactive ketones (excluding diaryl/α,β-unsaturated/α-hetero) is 1. The molecular formula is C7H12O7. The summed E-state index contributed by atoms with van der Waals surface area (Å²) in [6, 6.07) is 0. The van der Waals surface area contributed by atoms with Crippen LogP contribution in [0.2, 0.25) is 0 Å². The number of aliphatic carboxylic acids is 1. The van der Waals surface area contributed by atoms with E-state index >= 15 is 0 Å². The van der Waals surface area contributed by atoms with Gasteiger partial charge in [-0.25, -0.2) is 4.79 Å². The molecule has 82 valence electrons. The predicted molar refractivity (Wildman–Crippen MR) is 42.4 cm³/mol. The number of carboxylic acids is 1. The second kappa shape index (κ2) is 5.66. The van der Waals surface area contributed by atoms with E-state index in [4.69, 9.17) is 25.5 Å². The van der Waals surface area contributed by atoms with Gasteiger partial charge in [-0.1, -0.05) is 0 Å². The van der Waals surface area contributed by atoms with Gasteiger partial charge >= 0.3 is 5.97 Å². The molecule has 0 spiro atoms. The number of ketones is 1. The van der Waals surface area contributed by atoms with Crippen molar-refractivity contribution >= 4 is 11.8 Å². The third-order valence-electron chi connectivity index (χ3n) is 1.61. The molecular weight excluding hydrogens is 196 g/mol. The summed E-state index contributed by atoms with van der Waals surface area (Å²) in [6.07, 6.45) is -5.87. The predicted octanol–water partition coefficient (Wildman–Crippen LogP) is -2.89. The summed E-state index contributed by atoms with van der Waals surface area (Å²) in [4.78, 5) is 20.6. The number of carboxylic acid groups (broad SMARTS) is 1. The van der Waals surface area contributed by atoms with Crippen LogP contribution in [0.3, 0.4) is 0 Å². The number of aliphatic hydroxyl groups excluding tert-OH is 4. The monoisotopic (exact) mass is 208 g/mol. The minimum Gasteiger partial charge on any atom is -0.475 e. The SMILES string of the molecule is O=C(O)C(=O)C[C@@H](O)[C@H](O)[C@H](O)CO. The van der Waals surface area contributed by atoms with Gasteiger partial charge in [0, 0.05) is 6.42 Å². The Bertz CT molecular complexity index is 214. The van der Waals surface area contributed by atoms with Gasteiger partial charge in [0.15, 0.2) is 0 Å². The fraction of sp³-hybridized carbons (Fsp3) is 0.714. The fourth-order valence-corrected chi connectivity index (χ4v) is 0.762. The summed E-state index contributed by atoms with van der Waals surface area (Å²) in [5.74, 6) is -3.00. The first-order valence-corrected chi connectivity index (χ1v) is 3.81. The summed E-state index contributed by atoms with van der Waals surface area (Å²) in [6.45, 7) is -0.792. The molecule has 14 heavy (non-hydrogen) atoms. The maximum Gasteiger partial charge on any atom is 0.372 e. The van der Waals surface area contributed by atoms with Crippen molar-refractivity contribution in [1.82, 2.24) is 0 Å². The fourth-order valence-electron chi connectivity index (χ4n) is 0.762. The zero-order chi connectivity index (χ0) is 11.3. The lowest BCUT2D eigenvalue weighted by Crippen LogP contribution is -2.41. The molecule has 0 bridgehead atoms. The number of carbonyl (C=O) groups excluding carboxylic acids is 1. The van der Waals surface area contributed by atoms with E-state index < -0.39 is 43.1 Å². The van der Waals surface area contributed by atoms with Gasteiger partial charge in [0.25, 0.3) is 0 Å². The molecule has 0 aliphatic heterocycles. The van der Waals surface area contributed by atoms with Gasteiger partial charge in [0.2, 0.25) is 5.78 Å². The molecule has 0 aliphatic rings. The maximum absolute atomic E-state index is 10.6. The average molecular weight is 208 g/mol. The largest absolute Gasteiger partial charge is 0.475 e. The van der Waals surface area contributed by atoms with Crippen LogP contribution in [-0.4, -0.2) is 62.2 Å². The summed E-state index contributed by atoms with van der Waals surface area (Å²) in [7, 11) is 0. The maximum atomic E-state index is 10.6. The lowest BCUT2D eigenvalue weighted by atomic mass is 10.0. The molecule has 7 nitrogen and oxygen atoms in total. The van der Waals surface area contributed by atoms with Crippen molar-refractivity contribution < 1.29 is 35.1 Å². The summed E-state index contributed by atoms with van der Waals surface area (Å²) < 4.78 is 0. The van der Waals surface area contributed by atoms with Crippen LogP contribution in [0.1, 0.15) is 6.42 Å². The van der Waals surface area contributed by atoms with Crippen molar-refractivity contribution in [3.05, 3.63) is 0 Å². The molecule has 0 saturated carbocycles. The normalized spacial score (nSPS) is 17.1. The van der Waals surface area contributed by atoms with Gasteiger partial charge in [-0.15, -0.1) is 0 Å². The van der Waals surface area contributed by atoms with Crippen LogP contribution >= 0.6 is 0 Å². The number of hydrogen-bond acceptors (Lipinski definition) is 6. The van der Waals surface area contributed by atoms with Gasteiger partial charge in [-0.2, -0.15) is 0 Å². The van der Waals surface area contributed by atoms with Crippen molar-refractivity contribution in [2.75, 3.05) is 6.61 Å². The van der Waals surface area contributed by atoms with Crippen molar-refractivity contribution in [1.29, 1.82) is 0 Å². The summed E-state index contributed by atoms with van der Waals surface area (Å²) >= 11 is 0. The van der Waals surface area contributed by atoms with Crippen LogP contribution in [0, 0.1) is 0 Å². The molecule has 0 fully saturated rings. The van der Waals surface area contributed by atoms with E-state index in [1.165, 1.54) is 0 Å². The number of rotatable bonds is 6. The Hall–Kier alpha value is -1.02. The topological polar surface area (TPSA) is 135 Å². The zero-order valence-electron chi connectivity index (χ0n) is 7.20. The lowest BCUT2D eigenvalue weighted by Gasteiger charge is -2.20. The average Bonchev–Trinajstić information content (AvgIpc) is 2.14. The molecule has 0 saturated heterocycles. The molecule has 0 rings (SSSR count). The highest BCUT2D eigenvalue weighted by atomic mass is 16.4. The van der Waals surface area contributed by atoms with Gasteiger partial charge < -0.3 is 25.5 Å². The number of carbonyl (C=O) groups is 2. The zero-order valence-corrected chi connectivity index (χ0v) is 7.20. The highest BCUT2D eigenvalue weighted by Gasteiger charge is 2.27. The van der Waals surface area contributed by atoms with E-state index in [0.29, 0.717) is 0 Å². The highest BCUT2D eigenvalue weighted by molar-refractivity contribution is 6.32. The second-order valence-corrected chi connectivity index (χ2v) is 2.74. The minimum atomic E-state index is -1.75. The minimum absolute atomic E-state index is 0.792. The van der Waals surface area contributed by atoms with E-state index in [9.17, 15) is 9.59 Å². The molecule has 7 heteroatoms. The van der Waals surface area contributed by atoms with E-state index in [2.05, 4.69) is 0 Å². The second-order valence-electron chi connectivity index (χ2n) is 2.74. The van der Waals surface area contributed by atoms with Gasteiger partial charge in [0.1, 0.15) is 12.2 Å². The van der Waals surface area contributed by atoms with Crippen LogP contribution in [0.15, 0.2) is 0 Å². The molecule has 0 aromatic heterocycles. The molecule has 0 aromatic rings. The van der Waals surface area contributed by atoms with Crippen molar-refractivity contribution in [2.24, 2.45) is 0 Å². The van der Waals surface area contributed by atoms with Gasteiger partial charge in [-0.3, -0.25) is 4.79 Å². The van der Waals surface area contributed by atoms with Crippen LogP contribution < -0.4 is 0 Å². The first-order valence-electron chi connectivity index (χ1n) is 3.81. The Morgan fingerprint density at radius 1 is 1.07 bits per heavy atom. The van der Waals surface area contributed by atoms with E-state index in [0.717, 1.165) is 0 Å². The van der Waals surface area contributed by atoms with Crippen LogP contribution in [0.5, 0.6) is 0 Å². The quantitative estimate of drug-likeness (QED) is 0.295. The Labute approximate surface area is 79.2 Å². The van der Waals surface area contributed by atoms with Crippen LogP contribution in [0.25, 0.3) is 0 Å². The Kier molecular flexibility index (Phi) is 5.24. The first kappa shape index (κ1) is 13.0. The molecule has 0 aromatic carbocycles. The standard InChI is InChI=1S/C7H12O7/c8-2-5(11)6(12)3(9)1-4(10)7(13)14/h3,5-6,8-9,11-12H,1-2H2,(H,13,14)/t3-,5-,6+/m1/s1. The Morgan fingerprint density at radius 2 is 1.57 bits per heavy atom. The van der Waals surface area contributed by atoms with Crippen molar-refractivity contribution in [3.8, 4) is 0 Å². The molecule has 0 heterocycles. The van der Waals surface area contributed by atoms with Crippen molar-refractivity contribution in [3.63, 3.8) is 0 Å².